The normalized spacial score (nSPS) is 18.6. The van der Waals surface area contributed by atoms with Crippen molar-refractivity contribution in [1.29, 1.82) is 0 Å². The van der Waals surface area contributed by atoms with E-state index >= 15 is 0 Å². The zero-order valence-electron chi connectivity index (χ0n) is 14.5. The van der Waals surface area contributed by atoms with Crippen LogP contribution in [0.25, 0.3) is 0 Å². The molecule has 0 aliphatic carbocycles. The van der Waals surface area contributed by atoms with E-state index in [1.807, 2.05) is 6.92 Å². The molecule has 1 aliphatic rings. The number of nitrogen functional groups attached to an aromatic ring is 1. The summed E-state index contributed by atoms with van der Waals surface area (Å²) in [4.78, 5) is 15.6. The summed E-state index contributed by atoms with van der Waals surface area (Å²) in [5.41, 5.74) is 6.09. The number of carbonyl (C=O) groups is 1. The molecule has 140 valence electrons. The van der Waals surface area contributed by atoms with E-state index in [2.05, 4.69) is 15.0 Å². The van der Waals surface area contributed by atoms with Gasteiger partial charge in [0, 0.05) is 0 Å². The summed E-state index contributed by atoms with van der Waals surface area (Å²) in [6, 6.07) is 7.15. The standard InChI is InChI=1S/C11H15N3O2.C7H6F2O/c1-7-2-4-9(16-7)11(15)14-8-3-5-10(12)13-6-8;1-10-6-4-2-3-5(8)7(6)9/h3,5-7,9H,2,4H2,1H3,(H2,12,13)(H,14,15);2-4H,1H3. The molecule has 1 saturated heterocycles. The maximum absolute atomic E-state index is 12.5. The number of amides is 1. The maximum atomic E-state index is 12.5. The van der Waals surface area contributed by atoms with Crippen LogP contribution >= 0.6 is 0 Å². The van der Waals surface area contributed by atoms with Crippen LogP contribution in [0.15, 0.2) is 36.5 Å². The first-order chi connectivity index (χ1) is 12.4. The number of benzene rings is 1. The molecule has 1 fully saturated rings. The van der Waals surface area contributed by atoms with E-state index in [-0.39, 0.29) is 23.9 Å². The van der Waals surface area contributed by atoms with E-state index in [0.717, 1.165) is 18.9 Å². The molecule has 3 N–H and O–H groups in total. The molecular weight excluding hydrogens is 344 g/mol. The monoisotopic (exact) mass is 365 g/mol. The van der Waals surface area contributed by atoms with Crippen LogP contribution in [0.5, 0.6) is 5.75 Å². The average molecular weight is 365 g/mol. The van der Waals surface area contributed by atoms with E-state index in [0.29, 0.717) is 11.5 Å². The van der Waals surface area contributed by atoms with Crippen molar-refractivity contribution < 1.29 is 23.0 Å². The van der Waals surface area contributed by atoms with Gasteiger partial charge < -0.3 is 20.5 Å². The number of aromatic nitrogens is 1. The van der Waals surface area contributed by atoms with Crippen molar-refractivity contribution in [2.24, 2.45) is 0 Å². The quantitative estimate of drug-likeness (QED) is 0.873. The van der Waals surface area contributed by atoms with E-state index in [9.17, 15) is 13.6 Å². The molecule has 3 rings (SSSR count). The van der Waals surface area contributed by atoms with Crippen molar-refractivity contribution in [2.45, 2.75) is 32.0 Å². The number of hydrogen-bond acceptors (Lipinski definition) is 5. The lowest BCUT2D eigenvalue weighted by Gasteiger charge is -2.11. The first-order valence-corrected chi connectivity index (χ1v) is 8.06. The minimum absolute atomic E-state index is 0.0694. The molecule has 2 heterocycles. The van der Waals surface area contributed by atoms with Crippen LogP contribution in [0.3, 0.4) is 0 Å². The van der Waals surface area contributed by atoms with Crippen LogP contribution in [0.2, 0.25) is 0 Å². The van der Waals surface area contributed by atoms with E-state index in [1.54, 1.807) is 12.1 Å². The van der Waals surface area contributed by atoms with Gasteiger partial charge >= 0.3 is 0 Å². The van der Waals surface area contributed by atoms with Crippen LogP contribution in [0, 0.1) is 11.6 Å². The summed E-state index contributed by atoms with van der Waals surface area (Å²) in [7, 11) is 1.29. The average Bonchev–Trinajstić information content (AvgIpc) is 3.06. The Labute approximate surface area is 150 Å². The number of nitrogens with one attached hydrogen (secondary N) is 1. The van der Waals surface area contributed by atoms with E-state index in [1.165, 1.54) is 25.4 Å². The largest absolute Gasteiger partial charge is 0.494 e. The van der Waals surface area contributed by atoms with E-state index in [4.69, 9.17) is 10.5 Å². The zero-order chi connectivity index (χ0) is 19.1. The molecule has 2 atom stereocenters. The summed E-state index contributed by atoms with van der Waals surface area (Å²) in [6.45, 7) is 1.97. The first-order valence-electron chi connectivity index (χ1n) is 8.06. The molecule has 2 unspecified atom stereocenters. The molecule has 8 heteroatoms. The molecule has 2 aromatic rings. The number of nitrogens with zero attached hydrogens (tertiary/aromatic N) is 1. The number of methoxy groups -OCH3 is 1. The van der Waals surface area contributed by atoms with Crippen molar-refractivity contribution >= 4 is 17.4 Å². The molecular formula is C18H21F2N3O3. The summed E-state index contributed by atoms with van der Waals surface area (Å²) in [6.07, 6.45) is 3.06. The molecule has 26 heavy (non-hydrogen) atoms. The number of anilines is 2. The second-order valence-electron chi connectivity index (χ2n) is 5.73. The Morgan fingerprint density at radius 1 is 1.31 bits per heavy atom. The third-order valence-electron chi connectivity index (χ3n) is 3.71. The van der Waals surface area contributed by atoms with Gasteiger partial charge in [-0.1, -0.05) is 6.07 Å². The number of pyridine rings is 1. The van der Waals surface area contributed by atoms with Crippen molar-refractivity contribution in [1.82, 2.24) is 4.98 Å². The van der Waals surface area contributed by atoms with Crippen molar-refractivity contribution in [2.75, 3.05) is 18.2 Å². The SMILES string of the molecule is CC1CCC(C(=O)Nc2ccc(N)nc2)O1.COc1cccc(F)c1F. The third-order valence-corrected chi connectivity index (χ3v) is 3.71. The number of hydrogen-bond donors (Lipinski definition) is 2. The first kappa shape index (κ1) is 19.6. The number of halogens is 2. The molecule has 0 saturated carbocycles. The number of ether oxygens (including phenoxy) is 2. The lowest BCUT2D eigenvalue weighted by Crippen LogP contribution is -2.27. The fourth-order valence-corrected chi connectivity index (χ4v) is 2.34. The summed E-state index contributed by atoms with van der Waals surface area (Å²) < 4.78 is 34.8. The second-order valence-corrected chi connectivity index (χ2v) is 5.73. The molecule has 1 aromatic heterocycles. The molecule has 0 spiro atoms. The van der Waals surface area contributed by atoms with Crippen LogP contribution in [-0.4, -0.2) is 30.2 Å². The Morgan fingerprint density at radius 2 is 2.08 bits per heavy atom. The van der Waals surface area contributed by atoms with Crippen LogP contribution in [0.4, 0.5) is 20.3 Å². The van der Waals surface area contributed by atoms with Crippen LogP contribution in [-0.2, 0) is 9.53 Å². The van der Waals surface area contributed by atoms with Gasteiger partial charge in [-0.2, -0.15) is 4.39 Å². The number of carbonyl (C=O) groups excluding carboxylic acids is 1. The highest BCUT2D eigenvalue weighted by Gasteiger charge is 2.28. The van der Waals surface area contributed by atoms with Gasteiger partial charge in [-0.25, -0.2) is 9.37 Å². The zero-order valence-corrected chi connectivity index (χ0v) is 14.5. The van der Waals surface area contributed by atoms with Gasteiger partial charge in [0.1, 0.15) is 11.9 Å². The second kappa shape index (κ2) is 9.10. The van der Waals surface area contributed by atoms with Gasteiger partial charge in [0.25, 0.3) is 5.91 Å². The third kappa shape index (κ3) is 5.38. The van der Waals surface area contributed by atoms with Crippen LogP contribution in [0.1, 0.15) is 19.8 Å². The lowest BCUT2D eigenvalue weighted by atomic mass is 10.2. The lowest BCUT2D eigenvalue weighted by molar-refractivity contribution is -0.126. The fourth-order valence-electron chi connectivity index (χ4n) is 2.34. The smallest absolute Gasteiger partial charge is 0.253 e. The Morgan fingerprint density at radius 3 is 2.62 bits per heavy atom. The number of nitrogens with two attached hydrogens (primary N) is 1. The summed E-state index contributed by atoms with van der Waals surface area (Å²) >= 11 is 0. The minimum Gasteiger partial charge on any atom is -0.494 e. The maximum Gasteiger partial charge on any atom is 0.253 e. The summed E-state index contributed by atoms with van der Waals surface area (Å²) in [5.74, 6) is -1.58. The number of rotatable bonds is 3. The Kier molecular flexibility index (Phi) is 6.85. The highest BCUT2D eigenvalue weighted by molar-refractivity contribution is 5.94. The minimum atomic E-state index is -0.940. The van der Waals surface area contributed by atoms with Gasteiger partial charge in [0.2, 0.25) is 5.82 Å². The van der Waals surface area contributed by atoms with Crippen molar-refractivity contribution in [3.8, 4) is 5.75 Å². The Hall–Kier alpha value is -2.74. The van der Waals surface area contributed by atoms with Crippen molar-refractivity contribution in [3.05, 3.63) is 48.2 Å². The van der Waals surface area contributed by atoms with Gasteiger partial charge in [-0.05, 0) is 44.0 Å². The Balaban J connectivity index is 0.000000209. The molecule has 0 radical (unpaired) electrons. The van der Waals surface area contributed by atoms with Gasteiger partial charge in [0.05, 0.1) is 25.1 Å². The fraction of sp³-hybridized carbons (Fsp3) is 0.333. The molecule has 1 aromatic carbocycles. The highest BCUT2D eigenvalue weighted by atomic mass is 19.2. The van der Waals surface area contributed by atoms with Gasteiger partial charge in [-0.15, -0.1) is 0 Å². The molecule has 1 aliphatic heterocycles. The predicted molar refractivity (Wildman–Crippen MR) is 93.8 cm³/mol. The summed E-state index contributed by atoms with van der Waals surface area (Å²) in [5, 5.41) is 2.75. The van der Waals surface area contributed by atoms with Crippen molar-refractivity contribution in [3.63, 3.8) is 0 Å². The predicted octanol–water partition coefficient (Wildman–Crippen LogP) is 3.14. The molecule has 6 nitrogen and oxygen atoms in total. The topological polar surface area (TPSA) is 86.5 Å². The molecule has 1 amide bonds. The Bertz CT molecular complexity index is 741. The van der Waals surface area contributed by atoms with E-state index < -0.39 is 11.6 Å². The van der Waals surface area contributed by atoms with Gasteiger partial charge in [-0.3, -0.25) is 4.79 Å². The molecule has 0 bridgehead atoms. The van der Waals surface area contributed by atoms with Crippen LogP contribution < -0.4 is 15.8 Å². The highest BCUT2D eigenvalue weighted by Crippen LogP contribution is 2.20. The van der Waals surface area contributed by atoms with Gasteiger partial charge in [0.15, 0.2) is 11.6 Å².